The molecule has 7 nitrogen and oxygen atoms in total. The van der Waals surface area contributed by atoms with Crippen LogP contribution in [0.1, 0.15) is 15.9 Å². The summed E-state index contributed by atoms with van der Waals surface area (Å²) < 4.78 is 0. The molecule has 7 N–H and O–H groups in total. The van der Waals surface area contributed by atoms with Gasteiger partial charge in [0.15, 0.2) is 0 Å². The summed E-state index contributed by atoms with van der Waals surface area (Å²) in [5.41, 5.74) is 6.59. The van der Waals surface area contributed by atoms with Crippen molar-refractivity contribution in [3.8, 4) is 0 Å². The van der Waals surface area contributed by atoms with Crippen LogP contribution in [0.25, 0.3) is 0 Å². The number of nitrogens with one attached hydrogen (secondary N) is 1. The predicted octanol–water partition coefficient (Wildman–Crippen LogP) is -1.79. The molecule has 7 heteroatoms. The molecule has 0 aliphatic heterocycles. The van der Waals surface area contributed by atoms with Crippen LogP contribution in [0.4, 0.5) is 5.69 Å². The van der Waals surface area contributed by atoms with Gasteiger partial charge in [0.1, 0.15) is 0 Å². The monoisotopic (exact) mass is 270 g/mol. The summed E-state index contributed by atoms with van der Waals surface area (Å²) in [6.45, 7) is -1.35. The molecule has 0 fully saturated rings. The Kier molecular flexibility index (Phi) is 5.71. The van der Waals surface area contributed by atoms with E-state index >= 15 is 0 Å². The lowest BCUT2D eigenvalue weighted by Gasteiger charge is -2.20. The number of nitrogens with two attached hydrogens (primary N) is 1. The molecule has 1 rings (SSSR count). The molecule has 0 saturated carbocycles. The van der Waals surface area contributed by atoms with Crippen LogP contribution in [-0.4, -0.2) is 51.7 Å². The third kappa shape index (κ3) is 4.18. The molecule has 0 heterocycles. The van der Waals surface area contributed by atoms with Crippen molar-refractivity contribution in [2.75, 3.05) is 18.9 Å². The van der Waals surface area contributed by atoms with Crippen molar-refractivity contribution >= 4 is 11.6 Å². The fourth-order valence-electron chi connectivity index (χ4n) is 1.58. The van der Waals surface area contributed by atoms with E-state index < -0.39 is 31.3 Å². The summed E-state index contributed by atoms with van der Waals surface area (Å²) in [6.07, 6.45) is -1.26. The maximum atomic E-state index is 11.9. The quantitative estimate of drug-likeness (QED) is 0.338. The SMILES string of the molecule is Nc1cc(CO)cc(C(=O)NC(CO)C(O)CO)c1. The van der Waals surface area contributed by atoms with Crippen LogP contribution >= 0.6 is 0 Å². The fourth-order valence-corrected chi connectivity index (χ4v) is 1.58. The van der Waals surface area contributed by atoms with Crippen molar-refractivity contribution < 1.29 is 25.2 Å². The van der Waals surface area contributed by atoms with Crippen LogP contribution in [0.2, 0.25) is 0 Å². The molecule has 106 valence electrons. The number of hydrogen-bond acceptors (Lipinski definition) is 6. The summed E-state index contributed by atoms with van der Waals surface area (Å²) in [5.74, 6) is -0.562. The summed E-state index contributed by atoms with van der Waals surface area (Å²) >= 11 is 0. The van der Waals surface area contributed by atoms with Gasteiger partial charge in [0.2, 0.25) is 0 Å². The Labute approximate surface area is 110 Å². The third-order valence-corrected chi connectivity index (χ3v) is 2.62. The molecule has 1 aromatic carbocycles. The van der Waals surface area contributed by atoms with Gasteiger partial charge in [-0.2, -0.15) is 0 Å². The largest absolute Gasteiger partial charge is 0.399 e. The van der Waals surface area contributed by atoms with Gasteiger partial charge in [0.05, 0.1) is 32.0 Å². The van der Waals surface area contributed by atoms with E-state index in [1.165, 1.54) is 18.2 Å². The molecule has 0 saturated heterocycles. The van der Waals surface area contributed by atoms with E-state index in [1.807, 2.05) is 0 Å². The lowest BCUT2D eigenvalue weighted by atomic mass is 10.1. The van der Waals surface area contributed by atoms with Gasteiger partial charge in [0.25, 0.3) is 5.91 Å². The van der Waals surface area contributed by atoms with Crippen LogP contribution in [0, 0.1) is 0 Å². The Morgan fingerprint density at radius 2 is 1.89 bits per heavy atom. The average molecular weight is 270 g/mol. The molecule has 0 bridgehead atoms. The van der Waals surface area contributed by atoms with Crippen molar-refractivity contribution in [2.45, 2.75) is 18.8 Å². The van der Waals surface area contributed by atoms with Gasteiger partial charge >= 0.3 is 0 Å². The Bertz CT molecular complexity index is 438. The first kappa shape index (κ1) is 15.4. The molecule has 0 radical (unpaired) electrons. The van der Waals surface area contributed by atoms with Gasteiger partial charge in [-0.3, -0.25) is 4.79 Å². The number of anilines is 1. The van der Waals surface area contributed by atoms with Gasteiger partial charge in [-0.1, -0.05) is 0 Å². The standard InChI is InChI=1S/C12H18N2O5/c13-9-2-7(4-15)1-8(3-9)12(19)14-10(5-16)11(18)6-17/h1-3,10-11,15-18H,4-6,13H2,(H,14,19). The number of carbonyl (C=O) groups is 1. The predicted molar refractivity (Wildman–Crippen MR) is 68.2 cm³/mol. The van der Waals surface area contributed by atoms with E-state index in [0.717, 1.165) is 0 Å². The van der Waals surface area contributed by atoms with Gasteiger partial charge in [-0.15, -0.1) is 0 Å². The van der Waals surface area contributed by atoms with Crippen molar-refractivity contribution in [3.63, 3.8) is 0 Å². The summed E-state index contributed by atoms with van der Waals surface area (Å²) in [4.78, 5) is 11.9. The highest BCUT2D eigenvalue weighted by Gasteiger charge is 2.20. The second-order valence-electron chi connectivity index (χ2n) is 4.13. The van der Waals surface area contributed by atoms with E-state index in [2.05, 4.69) is 5.32 Å². The summed E-state index contributed by atoms with van der Waals surface area (Å²) in [5, 5.41) is 38.6. The van der Waals surface area contributed by atoms with Crippen LogP contribution < -0.4 is 11.1 Å². The van der Waals surface area contributed by atoms with E-state index in [4.69, 9.17) is 21.1 Å². The van der Waals surface area contributed by atoms with Gasteiger partial charge in [0, 0.05) is 11.3 Å². The van der Waals surface area contributed by atoms with E-state index in [1.54, 1.807) is 0 Å². The average Bonchev–Trinajstić information content (AvgIpc) is 2.42. The molecule has 2 unspecified atom stereocenters. The molecule has 0 aliphatic carbocycles. The van der Waals surface area contributed by atoms with Gasteiger partial charge in [-0.05, 0) is 23.8 Å². The second kappa shape index (κ2) is 7.05. The van der Waals surface area contributed by atoms with Crippen LogP contribution in [0.15, 0.2) is 18.2 Å². The molecular weight excluding hydrogens is 252 g/mol. The zero-order valence-electron chi connectivity index (χ0n) is 10.3. The van der Waals surface area contributed by atoms with Gasteiger partial charge < -0.3 is 31.5 Å². The normalized spacial score (nSPS) is 13.9. The van der Waals surface area contributed by atoms with Crippen LogP contribution in [0.5, 0.6) is 0 Å². The smallest absolute Gasteiger partial charge is 0.251 e. The fraction of sp³-hybridized carbons (Fsp3) is 0.417. The highest BCUT2D eigenvalue weighted by molar-refractivity contribution is 5.95. The number of aliphatic hydroxyl groups excluding tert-OH is 4. The van der Waals surface area contributed by atoms with Crippen LogP contribution in [-0.2, 0) is 6.61 Å². The Morgan fingerprint density at radius 3 is 2.42 bits per heavy atom. The first-order valence-corrected chi connectivity index (χ1v) is 5.72. The van der Waals surface area contributed by atoms with Crippen molar-refractivity contribution in [1.82, 2.24) is 5.32 Å². The second-order valence-corrected chi connectivity index (χ2v) is 4.13. The third-order valence-electron chi connectivity index (χ3n) is 2.62. The number of rotatable bonds is 6. The van der Waals surface area contributed by atoms with Crippen molar-refractivity contribution in [3.05, 3.63) is 29.3 Å². The minimum atomic E-state index is -1.26. The highest BCUT2D eigenvalue weighted by Crippen LogP contribution is 2.12. The lowest BCUT2D eigenvalue weighted by molar-refractivity contribution is 0.0389. The number of aliphatic hydroxyl groups is 4. The van der Waals surface area contributed by atoms with Crippen molar-refractivity contribution in [1.29, 1.82) is 0 Å². The number of amides is 1. The molecule has 1 aromatic rings. The number of benzene rings is 1. The van der Waals surface area contributed by atoms with Crippen molar-refractivity contribution in [2.24, 2.45) is 0 Å². The first-order chi connectivity index (χ1) is 9.01. The summed E-state index contributed by atoms with van der Waals surface area (Å²) in [6, 6.07) is 3.42. The maximum Gasteiger partial charge on any atom is 0.251 e. The van der Waals surface area contributed by atoms with E-state index in [0.29, 0.717) is 11.3 Å². The number of hydrogen-bond donors (Lipinski definition) is 6. The first-order valence-electron chi connectivity index (χ1n) is 5.72. The number of nitrogen functional groups attached to an aromatic ring is 1. The molecule has 2 atom stereocenters. The molecule has 1 amide bonds. The molecular formula is C12H18N2O5. The molecule has 0 aromatic heterocycles. The topological polar surface area (TPSA) is 136 Å². The van der Waals surface area contributed by atoms with E-state index in [-0.39, 0.29) is 12.2 Å². The minimum Gasteiger partial charge on any atom is -0.399 e. The zero-order valence-corrected chi connectivity index (χ0v) is 10.3. The molecule has 0 aliphatic rings. The number of carbonyl (C=O) groups excluding carboxylic acids is 1. The Morgan fingerprint density at radius 1 is 1.21 bits per heavy atom. The Hall–Kier alpha value is -1.67. The van der Waals surface area contributed by atoms with Crippen LogP contribution in [0.3, 0.4) is 0 Å². The zero-order chi connectivity index (χ0) is 14.4. The Balaban J connectivity index is 2.85. The van der Waals surface area contributed by atoms with Gasteiger partial charge in [-0.25, -0.2) is 0 Å². The maximum absolute atomic E-state index is 11.9. The van der Waals surface area contributed by atoms with E-state index in [9.17, 15) is 9.90 Å². The molecule has 0 spiro atoms. The molecule has 19 heavy (non-hydrogen) atoms. The highest BCUT2D eigenvalue weighted by atomic mass is 16.3. The summed E-state index contributed by atoms with van der Waals surface area (Å²) in [7, 11) is 0. The lowest BCUT2D eigenvalue weighted by Crippen LogP contribution is -2.47. The minimum absolute atomic E-state index is 0.202.